The van der Waals surface area contributed by atoms with E-state index in [-0.39, 0.29) is 6.42 Å². The fourth-order valence-electron chi connectivity index (χ4n) is 2.41. The highest BCUT2D eigenvalue weighted by atomic mass is 16.4. The van der Waals surface area contributed by atoms with Crippen LogP contribution in [-0.2, 0) is 16.6 Å². The van der Waals surface area contributed by atoms with Crippen LogP contribution in [0.2, 0.25) is 0 Å². The van der Waals surface area contributed by atoms with Gasteiger partial charge >= 0.3 is 5.97 Å². The van der Waals surface area contributed by atoms with Gasteiger partial charge in [-0.2, -0.15) is 0 Å². The van der Waals surface area contributed by atoms with Crippen LogP contribution in [0.15, 0.2) is 10.5 Å². The van der Waals surface area contributed by atoms with E-state index in [9.17, 15) is 4.79 Å². The summed E-state index contributed by atoms with van der Waals surface area (Å²) < 4.78 is 5.59. The number of carboxylic acids is 1. The van der Waals surface area contributed by atoms with E-state index in [1.165, 1.54) is 0 Å². The van der Waals surface area contributed by atoms with E-state index in [1.807, 2.05) is 13.0 Å². The van der Waals surface area contributed by atoms with Crippen molar-refractivity contribution in [3.63, 3.8) is 0 Å². The quantitative estimate of drug-likeness (QED) is 0.784. The van der Waals surface area contributed by atoms with Gasteiger partial charge in [0.25, 0.3) is 0 Å². The first kappa shape index (κ1) is 10.2. The van der Waals surface area contributed by atoms with Crippen LogP contribution in [0, 0.1) is 6.92 Å². The third-order valence-electron chi connectivity index (χ3n) is 3.17. The van der Waals surface area contributed by atoms with Gasteiger partial charge in [-0.25, -0.2) is 0 Å². The van der Waals surface area contributed by atoms with E-state index < -0.39 is 11.4 Å². The molecule has 4 heteroatoms. The molecule has 0 bridgehead atoms. The van der Waals surface area contributed by atoms with Crippen LogP contribution < -0.4 is 5.73 Å². The topological polar surface area (TPSA) is 76.5 Å². The molecule has 0 aromatic carbocycles. The molecule has 0 radical (unpaired) electrons. The summed E-state index contributed by atoms with van der Waals surface area (Å²) in [5, 5.41) is 8.91. The van der Waals surface area contributed by atoms with Gasteiger partial charge in [0, 0.05) is 6.54 Å². The zero-order chi connectivity index (χ0) is 11.1. The smallest absolute Gasteiger partial charge is 0.304 e. The second-order valence-electron chi connectivity index (χ2n) is 4.27. The molecule has 1 aromatic heterocycles. The van der Waals surface area contributed by atoms with Crippen LogP contribution in [0.4, 0.5) is 0 Å². The Morgan fingerprint density at radius 1 is 1.73 bits per heavy atom. The van der Waals surface area contributed by atoms with Gasteiger partial charge in [-0.15, -0.1) is 0 Å². The Morgan fingerprint density at radius 3 is 3.07 bits per heavy atom. The van der Waals surface area contributed by atoms with Crippen LogP contribution in [0.25, 0.3) is 0 Å². The summed E-state index contributed by atoms with van der Waals surface area (Å²) in [6, 6.07) is 1.98. The molecule has 2 rings (SSSR count). The number of nitrogens with two attached hydrogens (primary N) is 1. The lowest BCUT2D eigenvalue weighted by molar-refractivity contribution is -0.138. The van der Waals surface area contributed by atoms with E-state index in [0.717, 1.165) is 29.9 Å². The lowest BCUT2D eigenvalue weighted by Crippen LogP contribution is -2.35. The molecule has 1 heterocycles. The number of carbonyl (C=O) groups is 1. The minimum atomic E-state index is -0.817. The van der Waals surface area contributed by atoms with Crippen LogP contribution in [0.5, 0.6) is 0 Å². The Morgan fingerprint density at radius 2 is 2.47 bits per heavy atom. The Hall–Kier alpha value is -1.29. The van der Waals surface area contributed by atoms with Crippen molar-refractivity contribution >= 4 is 5.97 Å². The molecule has 3 N–H and O–H groups in total. The third-order valence-corrected chi connectivity index (χ3v) is 3.17. The lowest BCUT2D eigenvalue weighted by Gasteiger charge is -2.24. The van der Waals surface area contributed by atoms with Crippen molar-refractivity contribution in [1.29, 1.82) is 0 Å². The Bertz CT molecular complexity index is 397. The lowest BCUT2D eigenvalue weighted by atomic mass is 9.83. The van der Waals surface area contributed by atoms with Crippen molar-refractivity contribution in [2.75, 3.05) is 6.54 Å². The number of furan rings is 1. The number of aliphatic carboxylic acids is 1. The maximum absolute atomic E-state index is 10.8. The van der Waals surface area contributed by atoms with Gasteiger partial charge in [0.05, 0.1) is 11.8 Å². The molecule has 0 saturated heterocycles. The maximum atomic E-state index is 10.8. The molecule has 1 aromatic rings. The fourth-order valence-corrected chi connectivity index (χ4v) is 2.41. The number of carboxylic acid groups (broad SMARTS) is 1. The normalized spacial score (nSPS) is 24.1. The minimum absolute atomic E-state index is 0.0590. The first-order valence-electron chi connectivity index (χ1n) is 5.09. The Kier molecular flexibility index (Phi) is 2.31. The summed E-state index contributed by atoms with van der Waals surface area (Å²) in [4.78, 5) is 10.8. The molecule has 0 fully saturated rings. The molecule has 1 aliphatic rings. The standard InChI is InChI=1S/C11H15NO3/c1-7-4-8-2-3-11(6-12,5-9(13)14)10(8)15-7/h4H,2-3,5-6,12H2,1H3,(H,13,14). The summed E-state index contributed by atoms with van der Waals surface area (Å²) in [6.07, 6.45) is 1.71. The molecule has 15 heavy (non-hydrogen) atoms. The van der Waals surface area contributed by atoms with Crippen LogP contribution in [0.1, 0.15) is 29.9 Å². The minimum Gasteiger partial charge on any atom is -0.481 e. The maximum Gasteiger partial charge on any atom is 0.304 e. The van der Waals surface area contributed by atoms with E-state index >= 15 is 0 Å². The Balaban J connectivity index is 2.39. The molecule has 4 nitrogen and oxygen atoms in total. The van der Waals surface area contributed by atoms with Gasteiger partial charge in [0.1, 0.15) is 11.5 Å². The van der Waals surface area contributed by atoms with Crippen LogP contribution in [-0.4, -0.2) is 17.6 Å². The monoisotopic (exact) mass is 209 g/mol. The second-order valence-corrected chi connectivity index (χ2v) is 4.27. The fraction of sp³-hybridized carbons (Fsp3) is 0.545. The molecular weight excluding hydrogens is 194 g/mol. The van der Waals surface area contributed by atoms with E-state index in [2.05, 4.69) is 0 Å². The molecule has 1 unspecified atom stereocenters. The van der Waals surface area contributed by atoms with E-state index in [0.29, 0.717) is 6.54 Å². The summed E-state index contributed by atoms with van der Waals surface area (Å²) in [6.45, 7) is 2.21. The summed E-state index contributed by atoms with van der Waals surface area (Å²) in [5.74, 6) is 0.815. The summed E-state index contributed by atoms with van der Waals surface area (Å²) >= 11 is 0. The number of rotatable bonds is 3. The third kappa shape index (κ3) is 1.55. The highest BCUT2D eigenvalue weighted by Crippen LogP contribution is 2.42. The van der Waals surface area contributed by atoms with Crippen molar-refractivity contribution in [2.24, 2.45) is 5.73 Å². The van der Waals surface area contributed by atoms with Crippen LogP contribution in [0.3, 0.4) is 0 Å². The highest BCUT2D eigenvalue weighted by Gasteiger charge is 2.42. The zero-order valence-corrected chi connectivity index (χ0v) is 8.75. The van der Waals surface area contributed by atoms with Gasteiger partial charge < -0.3 is 15.3 Å². The van der Waals surface area contributed by atoms with Gasteiger partial charge in [0.2, 0.25) is 0 Å². The SMILES string of the molecule is Cc1cc2c(o1)C(CN)(CC(=O)O)CC2. The molecule has 0 aliphatic heterocycles. The molecule has 82 valence electrons. The van der Waals surface area contributed by atoms with Crippen LogP contribution >= 0.6 is 0 Å². The van der Waals surface area contributed by atoms with E-state index in [4.69, 9.17) is 15.3 Å². The summed E-state index contributed by atoms with van der Waals surface area (Å²) in [5.41, 5.74) is 6.37. The largest absolute Gasteiger partial charge is 0.481 e. The van der Waals surface area contributed by atoms with E-state index in [1.54, 1.807) is 0 Å². The van der Waals surface area contributed by atoms with Gasteiger partial charge in [-0.3, -0.25) is 4.79 Å². The first-order valence-corrected chi connectivity index (χ1v) is 5.09. The molecule has 0 saturated carbocycles. The molecule has 1 atom stereocenters. The molecule has 0 spiro atoms. The second kappa shape index (κ2) is 3.38. The van der Waals surface area contributed by atoms with Gasteiger partial charge in [-0.05, 0) is 31.4 Å². The summed E-state index contributed by atoms with van der Waals surface area (Å²) in [7, 11) is 0. The van der Waals surface area contributed by atoms with Crippen molar-refractivity contribution in [3.05, 3.63) is 23.2 Å². The number of hydrogen-bond donors (Lipinski definition) is 2. The average molecular weight is 209 g/mol. The number of fused-ring (bicyclic) bond motifs is 1. The van der Waals surface area contributed by atoms with Crippen molar-refractivity contribution in [3.8, 4) is 0 Å². The van der Waals surface area contributed by atoms with Gasteiger partial charge in [-0.1, -0.05) is 0 Å². The Labute approximate surface area is 88.1 Å². The molecular formula is C11H15NO3. The highest BCUT2D eigenvalue weighted by molar-refractivity contribution is 5.69. The zero-order valence-electron chi connectivity index (χ0n) is 8.75. The first-order chi connectivity index (χ1) is 7.07. The van der Waals surface area contributed by atoms with Crippen molar-refractivity contribution in [2.45, 2.75) is 31.6 Å². The molecule has 0 amide bonds. The number of aryl methyl sites for hydroxylation is 2. The predicted molar refractivity (Wildman–Crippen MR) is 54.8 cm³/mol. The van der Waals surface area contributed by atoms with Crippen molar-refractivity contribution in [1.82, 2.24) is 0 Å². The van der Waals surface area contributed by atoms with Gasteiger partial charge in [0.15, 0.2) is 0 Å². The average Bonchev–Trinajstić information content (AvgIpc) is 2.65. The molecule has 1 aliphatic carbocycles. The van der Waals surface area contributed by atoms with Crippen molar-refractivity contribution < 1.29 is 14.3 Å². The number of hydrogen-bond acceptors (Lipinski definition) is 3. The predicted octanol–water partition coefficient (Wildman–Crippen LogP) is 1.21.